The van der Waals surface area contributed by atoms with Crippen molar-refractivity contribution in [2.75, 3.05) is 20.1 Å². The van der Waals surface area contributed by atoms with E-state index in [0.29, 0.717) is 6.04 Å². The Kier molecular flexibility index (Phi) is 4.57. The van der Waals surface area contributed by atoms with Crippen molar-refractivity contribution in [1.29, 1.82) is 0 Å². The van der Waals surface area contributed by atoms with E-state index in [2.05, 4.69) is 48.5 Å². The molecule has 0 aromatic heterocycles. The molecule has 1 heterocycles. The van der Waals surface area contributed by atoms with Crippen LogP contribution >= 0.6 is 0 Å². The molecule has 1 atom stereocenters. The van der Waals surface area contributed by atoms with Gasteiger partial charge in [-0.1, -0.05) is 31.2 Å². The summed E-state index contributed by atoms with van der Waals surface area (Å²) < 4.78 is 0. The Hall–Kier alpha value is -0.860. The molecule has 1 aromatic rings. The number of nitrogens with zero attached hydrogens (tertiary/aromatic N) is 1. The molecule has 2 nitrogen and oxygen atoms in total. The van der Waals surface area contributed by atoms with Gasteiger partial charge in [-0.15, -0.1) is 0 Å². The van der Waals surface area contributed by atoms with Crippen molar-refractivity contribution in [3.63, 3.8) is 0 Å². The van der Waals surface area contributed by atoms with Crippen LogP contribution in [-0.4, -0.2) is 31.1 Å². The normalized spacial score (nSPS) is 21.6. The summed E-state index contributed by atoms with van der Waals surface area (Å²) in [4.78, 5) is 2.58. The van der Waals surface area contributed by atoms with Crippen LogP contribution in [0.25, 0.3) is 0 Å². The highest BCUT2D eigenvalue weighted by Gasteiger charge is 2.18. The number of piperidine rings is 1. The first-order valence-corrected chi connectivity index (χ1v) is 6.80. The van der Waals surface area contributed by atoms with E-state index in [4.69, 9.17) is 0 Å². The van der Waals surface area contributed by atoms with Crippen LogP contribution < -0.4 is 5.32 Å². The number of likely N-dealkylation sites (tertiary alicyclic amines) is 1. The monoisotopic (exact) mass is 232 g/mol. The van der Waals surface area contributed by atoms with Crippen LogP contribution in [0.3, 0.4) is 0 Å². The van der Waals surface area contributed by atoms with Crippen molar-refractivity contribution in [3.8, 4) is 0 Å². The van der Waals surface area contributed by atoms with Gasteiger partial charge in [-0.25, -0.2) is 0 Å². The van der Waals surface area contributed by atoms with Gasteiger partial charge in [0.1, 0.15) is 0 Å². The molecule has 2 heteroatoms. The average molecular weight is 232 g/mol. The summed E-state index contributed by atoms with van der Waals surface area (Å²) >= 11 is 0. The Bertz CT molecular complexity index is 349. The van der Waals surface area contributed by atoms with Crippen LogP contribution in [0.2, 0.25) is 0 Å². The third-order valence-corrected chi connectivity index (χ3v) is 3.81. The highest BCUT2D eigenvalue weighted by molar-refractivity contribution is 5.26. The van der Waals surface area contributed by atoms with E-state index in [1.54, 1.807) is 0 Å². The first-order valence-electron chi connectivity index (χ1n) is 6.80. The first-order chi connectivity index (χ1) is 8.33. The molecule has 1 aromatic carbocycles. The van der Waals surface area contributed by atoms with E-state index in [-0.39, 0.29) is 0 Å². The lowest BCUT2D eigenvalue weighted by Gasteiger charge is -2.33. The summed E-state index contributed by atoms with van der Waals surface area (Å²) in [6.45, 7) is 5.79. The van der Waals surface area contributed by atoms with E-state index in [1.807, 2.05) is 0 Å². The lowest BCUT2D eigenvalue weighted by atomic mass is 10.0. The third-order valence-electron chi connectivity index (χ3n) is 3.81. The van der Waals surface area contributed by atoms with E-state index in [1.165, 1.54) is 37.1 Å². The van der Waals surface area contributed by atoms with Crippen molar-refractivity contribution in [2.45, 2.75) is 38.8 Å². The molecule has 0 saturated carbocycles. The maximum Gasteiger partial charge on any atom is 0.0237 e. The van der Waals surface area contributed by atoms with E-state index in [0.717, 1.165) is 13.0 Å². The van der Waals surface area contributed by atoms with Gasteiger partial charge in [0.05, 0.1) is 0 Å². The number of likely N-dealkylation sites (N-methyl/N-ethyl adjacent to an activating group) is 1. The fourth-order valence-electron chi connectivity index (χ4n) is 2.73. The summed E-state index contributed by atoms with van der Waals surface area (Å²) in [6, 6.07) is 9.53. The van der Waals surface area contributed by atoms with Crippen molar-refractivity contribution in [2.24, 2.45) is 0 Å². The molecular formula is C15H24N2. The van der Waals surface area contributed by atoms with Gasteiger partial charge < -0.3 is 5.32 Å². The molecule has 1 saturated heterocycles. The number of hydrogen-bond donors (Lipinski definition) is 1. The summed E-state index contributed by atoms with van der Waals surface area (Å²) in [5, 5.41) is 3.41. The zero-order valence-electron chi connectivity index (χ0n) is 11.1. The predicted octanol–water partition coefficient (Wildman–Crippen LogP) is 2.43. The van der Waals surface area contributed by atoms with Gasteiger partial charge in [0.25, 0.3) is 0 Å². The van der Waals surface area contributed by atoms with Crippen molar-refractivity contribution < 1.29 is 0 Å². The van der Waals surface area contributed by atoms with Crippen LogP contribution in [0.4, 0.5) is 0 Å². The maximum absolute atomic E-state index is 3.41. The summed E-state index contributed by atoms with van der Waals surface area (Å²) in [5.41, 5.74) is 3.01. The van der Waals surface area contributed by atoms with Crippen molar-refractivity contribution in [1.82, 2.24) is 10.2 Å². The first kappa shape index (κ1) is 12.6. The van der Waals surface area contributed by atoms with Crippen LogP contribution in [0, 0.1) is 0 Å². The molecule has 0 aliphatic carbocycles. The van der Waals surface area contributed by atoms with Crippen LogP contribution in [0.1, 0.15) is 30.9 Å². The second-order valence-corrected chi connectivity index (χ2v) is 4.99. The highest BCUT2D eigenvalue weighted by atomic mass is 15.2. The zero-order chi connectivity index (χ0) is 12.1. The smallest absolute Gasteiger partial charge is 0.0237 e. The highest BCUT2D eigenvalue weighted by Crippen LogP contribution is 2.16. The lowest BCUT2D eigenvalue weighted by molar-refractivity contribution is 0.187. The molecule has 0 spiro atoms. The summed E-state index contributed by atoms with van der Waals surface area (Å²) in [6.07, 6.45) is 3.78. The molecule has 0 amide bonds. The Morgan fingerprint density at radius 2 is 2.06 bits per heavy atom. The fraction of sp³-hybridized carbons (Fsp3) is 0.600. The molecule has 0 radical (unpaired) electrons. The summed E-state index contributed by atoms with van der Waals surface area (Å²) in [5.74, 6) is 0. The second kappa shape index (κ2) is 6.18. The van der Waals surface area contributed by atoms with Gasteiger partial charge in [-0.05, 0) is 44.0 Å². The van der Waals surface area contributed by atoms with E-state index >= 15 is 0 Å². The van der Waals surface area contributed by atoms with Gasteiger partial charge in [-0.3, -0.25) is 4.90 Å². The maximum atomic E-state index is 3.41. The topological polar surface area (TPSA) is 15.3 Å². The van der Waals surface area contributed by atoms with Crippen LogP contribution in [0.15, 0.2) is 24.3 Å². The van der Waals surface area contributed by atoms with Crippen molar-refractivity contribution >= 4 is 0 Å². The lowest BCUT2D eigenvalue weighted by Crippen LogP contribution is -2.43. The van der Waals surface area contributed by atoms with Gasteiger partial charge in [-0.2, -0.15) is 0 Å². The SMILES string of the molecule is CCc1ccccc1CN1CCCC(NC)C1. The summed E-state index contributed by atoms with van der Waals surface area (Å²) in [7, 11) is 2.08. The molecule has 0 bridgehead atoms. The minimum atomic E-state index is 0.678. The minimum absolute atomic E-state index is 0.678. The number of hydrogen-bond acceptors (Lipinski definition) is 2. The number of nitrogens with one attached hydrogen (secondary N) is 1. The quantitative estimate of drug-likeness (QED) is 0.857. The third kappa shape index (κ3) is 3.30. The number of aryl methyl sites for hydroxylation is 1. The second-order valence-electron chi connectivity index (χ2n) is 4.99. The molecule has 94 valence electrons. The molecule has 1 fully saturated rings. The van der Waals surface area contributed by atoms with Crippen molar-refractivity contribution in [3.05, 3.63) is 35.4 Å². The Morgan fingerprint density at radius 3 is 2.76 bits per heavy atom. The Morgan fingerprint density at radius 1 is 1.29 bits per heavy atom. The molecule has 1 aliphatic heterocycles. The van der Waals surface area contributed by atoms with Crippen LogP contribution in [0.5, 0.6) is 0 Å². The van der Waals surface area contributed by atoms with Gasteiger partial charge in [0.2, 0.25) is 0 Å². The molecule has 17 heavy (non-hydrogen) atoms. The number of rotatable bonds is 4. The molecule has 1 N–H and O–H groups in total. The largest absolute Gasteiger partial charge is 0.316 e. The Labute approximate surface area is 105 Å². The Balaban J connectivity index is 2.00. The molecular weight excluding hydrogens is 208 g/mol. The molecule has 2 rings (SSSR count). The van der Waals surface area contributed by atoms with Gasteiger partial charge in [0.15, 0.2) is 0 Å². The van der Waals surface area contributed by atoms with Gasteiger partial charge >= 0.3 is 0 Å². The van der Waals surface area contributed by atoms with Gasteiger partial charge in [0, 0.05) is 19.1 Å². The molecule has 1 aliphatic rings. The standard InChI is InChI=1S/C15H24N2/c1-3-13-7-4-5-8-14(13)11-17-10-6-9-15(12-17)16-2/h4-5,7-8,15-16H,3,6,9-12H2,1-2H3. The average Bonchev–Trinajstić information content (AvgIpc) is 2.39. The van der Waals surface area contributed by atoms with E-state index in [9.17, 15) is 0 Å². The zero-order valence-corrected chi connectivity index (χ0v) is 11.1. The van der Waals surface area contributed by atoms with E-state index < -0.39 is 0 Å². The van der Waals surface area contributed by atoms with Crippen LogP contribution in [-0.2, 0) is 13.0 Å². The minimum Gasteiger partial charge on any atom is -0.316 e. The molecule has 1 unspecified atom stereocenters. The fourth-order valence-corrected chi connectivity index (χ4v) is 2.73. The number of benzene rings is 1. The predicted molar refractivity (Wildman–Crippen MR) is 73.2 cm³/mol.